The molecule has 0 spiro atoms. The number of hydrogen-bond acceptors (Lipinski definition) is 8. The lowest BCUT2D eigenvalue weighted by atomic mass is 10.0. The number of carbonyl (C=O) groups excluding carboxylic acids is 2. The van der Waals surface area contributed by atoms with Crippen molar-refractivity contribution < 1.29 is 36.6 Å². The molecule has 0 unspecified atom stereocenters. The Morgan fingerprint density at radius 2 is 1.56 bits per heavy atom. The fourth-order valence-corrected chi connectivity index (χ4v) is 5.79. The van der Waals surface area contributed by atoms with Gasteiger partial charge in [-0.3, -0.25) is 9.69 Å². The van der Waals surface area contributed by atoms with E-state index in [2.05, 4.69) is 36.2 Å². The van der Waals surface area contributed by atoms with E-state index >= 15 is 0 Å². The SMILES string of the molecule is CC(C)(C)OC(=O)NC1CCN(c2ccc(CN3CCC(NC(=O)c4ccc(F)c(-c5ccc(OC(F)(F)F)nc5)c4)CC3)cn2)CC1. The number of carbonyl (C=O) groups is 2. The molecule has 0 atom stereocenters. The molecule has 2 aromatic heterocycles. The van der Waals surface area contributed by atoms with E-state index in [9.17, 15) is 27.2 Å². The minimum atomic E-state index is -4.89. The van der Waals surface area contributed by atoms with Crippen LogP contribution in [-0.4, -0.2) is 77.1 Å². The zero-order chi connectivity index (χ0) is 34.5. The summed E-state index contributed by atoms with van der Waals surface area (Å²) >= 11 is 0. The molecule has 48 heavy (non-hydrogen) atoms. The van der Waals surface area contributed by atoms with Crippen molar-refractivity contribution in [3.63, 3.8) is 0 Å². The number of alkyl carbamates (subject to hydrolysis) is 1. The molecule has 2 saturated heterocycles. The molecule has 14 heteroatoms. The van der Waals surface area contributed by atoms with Gasteiger partial charge in [0.2, 0.25) is 5.88 Å². The summed E-state index contributed by atoms with van der Waals surface area (Å²) in [6, 6.07) is 10.3. The van der Waals surface area contributed by atoms with Crippen LogP contribution >= 0.6 is 0 Å². The minimum Gasteiger partial charge on any atom is -0.444 e. The first-order chi connectivity index (χ1) is 22.7. The van der Waals surface area contributed by atoms with Crippen LogP contribution in [0, 0.1) is 5.82 Å². The Hall–Kier alpha value is -4.46. The van der Waals surface area contributed by atoms with Crippen molar-refractivity contribution in [2.24, 2.45) is 0 Å². The van der Waals surface area contributed by atoms with E-state index in [1.165, 1.54) is 18.2 Å². The highest BCUT2D eigenvalue weighted by Crippen LogP contribution is 2.27. The molecule has 0 radical (unpaired) electrons. The lowest BCUT2D eigenvalue weighted by Crippen LogP contribution is -2.46. The maximum Gasteiger partial charge on any atom is 0.574 e. The number of alkyl halides is 3. The monoisotopic (exact) mass is 672 g/mol. The number of nitrogens with zero attached hydrogens (tertiary/aromatic N) is 4. The third-order valence-electron chi connectivity index (χ3n) is 8.17. The number of piperidine rings is 2. The topological polar surface area (TPSA) is 109 Å². The summed E-state index contributed by atoms with van der Waals surface area (Å²) in [7, 11) is 0. The van der Waals surface area contributed by atoms with Gasteiger partial charge in [0.05, 0.1) is 0 Å². The standard InChI is InChI=1S/C34H40F4N6O4/c1-33(2,3)48-32(46)42-26-12-16-44(17-13-26)29-8-4-22(19-39-29)21-43-14-10-25(11-15-43)41-31(45)23-5-7-28(35)27(18-23)24-6-9-30(40-20-24)47-34(36,37)38/h4-9,18-20,25-26H,10-17,21H2,1-3H3,(H,41,45)(H,42,46). The summed E-state index contributed by atoms with van der Waals surface area (Å²) < 4.78 is 61.0. The maximum absolute atomic E-state index is 14.6. The third-order valence-corrected chi connectivity index (χ3v) is 8.17. The van der Waals surface area contributed by atoms with E-state index in [0.717, 1.165) is 88.1 Å². The largest absolute Gasteiger partial charge is 0.574 e. The van der Waals surface area contributed by atoms with Gasteiger partial charge in [0.15, 0.2) is 0 Å². The van der Waals surface area contributed by atoms with Gasteiger partial charge in [-0.05, 0) is 82.3 Å². The Balaban J connectivity index is 1.06. The molecular formula is C34H40F4N6O4. The number of halogens is 4. The smallest absolute Gasteiger partial charge is 0.444 e. The first kappa shape index (κ1) is 34.9. The Morgan fingerprint density at radius 1 is 0.875 bits per heavy atom. The number of rotatable bonds is 8. The molecule has 258 valence electrons. The van der Waals surface area contributed by atoms with Crippen LogP contribution in [0.5, 0.6) is 5.88 Å². The van der Waals surface area contributed by atoms with Crippen molar-refractivity contribution in [1.82, 2.24) is 25.5 Å². The van der Waals surface area contributed by atoms with Crippen LogP contribution in [0.1, 0.15) is 62.4 Å². The molecule has 2 fully saturated rings. The molecule has 2 aliphatic rings. The Labute approximate surface area is 276 Å². The fourth-order valence-electron chi connectivity index (χ4n) is 5.79. The number of benzene rings is 1. The first-order valence-electron chi connectivity index (χ1n) is 15.9. The predicted molar refractivity (Wildman–Crippen MR) is 171 cm³/mol. The molecule has 0 bridgehead atoms. The Kier molecular flexibility index (Phi) is 10.7. The second kappa shape index (κ2) is 14.8. The van der Waals surface area contributed by atoms with Gasteiger partial charge in [-0.2, -0.15) is 0 Å². The van der Waals surface area contributed by atoms with E-state index in [4.69, 9.17) is 9.72 Å². The molecule has 3 aromatic rings. The summed E-state index contributed by atoms with van der Waals surface area (Å²) in [6.07, 6.45) is 0.787. The molecule has 5 rings (SSSR count). The first-order valence-corrected chi connectivity index (χ1v) is 15.9. The van der Waals surface area contributed by atoms with Crippen LogP contribution < -0.4 is 20.3 Å². The van der Waals surface area contributed by atoms with Crippen LogP contribution in [0.25, 0.3) is 11.1 Å². The number of pyridine rings is 2. The van der Waals surface area contributed by atoms with Gasteiger partial charge in [0.25, 0.3) is 5.91 Å². The second-order valence-electron chi connectivity index (χ2n) is 13.1. The third kappa shape index (κ3) is 10.0. The zero-order valence-corrected chi connectivity index (χ0v) is 27.1. The van der Waals surface area contributed by atoms with E-state index < -0.39 is 23.7 Å². The van der Waals surface area contributed by atoms with Gasteiger partial charge < -0.3 is 25.0 Å². The summed E-state index contributed by atoms with van der Waals surface area (Å²) in [4.78, 5) is 37.9. The molecule has 0 saturated carbocycles. The fraction of sp³-hybridized carbons (Fsp3) is 0.471. The molecular weight excluding hydrogens is 632 g/mol. The molecule has 10 nitrogen and oxygen atoms in total. The minimum absolute atomic E-state index is 0.0443. The van der Waals surface area contributed by atoms with Crippen LogP contribution in [0.15, 0.2) is 54.9 Å². The number of ether oxygens (including phenoxy) is 2. The number of nitrogens with one attached hydrogen (secondary N) is 2. The summed E-state index contributed by atoms with van der Waals surface area (Å²) in [6.45, 7) is 9.39. The van der Waals surface area contributed by atoms with Crippen molar-refractivity contribution in [2.75, 3.05) is 31.1 Å². The Morgan fingerprint density at radius 3 is 2.17 bits per heavy atom. The number of likely N-dealkylation sites (tertiary alicyclic amines) is 1. The van der Waals surface area contributed by atoms with Crippen LogP contribution in [-0.2, 0) is 11.3 Å². The lowest BCUT2D eigenvalue weighted by Gasteiger charge is -2.34. The predicted octanol–water partition coefficient (Wildman–Crippen LogP) is 6.07. The number of aromatic nitrogens is 2. The lowest BCUT2D eigenvalue weighted by molar-refractivity contribution is -0.276. The van der Waals surface area contributed by atoms with Gasteiger partial charge in [-0.15, -0.1) is 13.2 Å². The highest BCUT2D eigenvalue weighted by Gasteiger charge is 2.32. The molecule has 2 aliphatic heterocycles. The van der Waals surface area contributed by atoms with Gasteiger partial charge in [-0.1, -0.05) is 6.07 Å². The van der Waals surface area contributed by atoms with Gasteiger partial charge in [0, 0.05) is 80.0 Å². The summed E-state index contributed by atoms with van der Waals surface area (Å²) in [5.74, 6) is -0.748. The van der Waals surface area contributed by atoms with Gasteiger partial charge in [0.1, 0.15) is 17.2 Å². The highest BCUT2D eigenvalue weighted by molar-refractivity contribution is 5.95. The summed E-state index contributed by atoms with van der Waals surface area (Å²) in [5.41, 5.74) is 1.06. The van der Waals surface area contributed by atoms with Crippen molar-refractivity contribution in [1.29, 1.82) is 0 Å². The molecule has 4 heterocycles. The molecule has 2 N–H and O–H groups in total. The Bertz CT molecular complexity index is 1550. The number of anilines is 1. The maximum atomic E-state index is 14.6. The quantitative estimate of drug-likeness (QED) is 0.278. The van der Waals surface area contributed by atoms with Crippen molar-refractivity contribution in [3.8, 4) is 17.0 Å². The molecule has 2 amide bonds. The average molecular weight is 673 g/mol. The van der Waals surface area contributed by atoms with Crippen molar-refractivity contribution in [3.05, 3.63) is 71.8 Å². The normalized spacial score (nSPS) is 16.8. The van der Waals surface area contributed by atoms with Crippen molar-refractivity contribution >= 4 is 17.8 Å². The van der Waals surface area contributed by atoms with E-state index in [1.807, 2.05) is 33.0 Å². The second-order valence-corrected chi connectivity index (χ2v) is 13.1. The van der Waals surface area contributed by atoms with Crippen LogP contribution in [0.3, 0.4) is 0 Å². The zero-order valence-electron chi connectivity index (χ0n) is 27.1. The molecule has 0 aliphatic carbocycles. The van der Waals surface area contributed by atoms with E-state index in [-0.39, 0.29) is 40.8 Å². The average Bonchev–Trinajstić information content (AvgIpc) is 3.02. The van der Waals surface area contributed by atoms with Crippen LogP contribution in [0.4, 0.5) is 28.2 Å². The highest BCUT2D eigenvalue weighted by atomic mass is 19.4. The number of amides is 2. The van der Waals surface area contributed by atoms with E-state index in [0.29, 0.717) is 0 Å². The van der Waals surface area contributed by atoms with Gasteiger partial charge >= 0.3 is 12.5 Å². The van der Waals surface area contributed by atoms with E-state index in [1.54, 1.807) is 0 Å². The van der Waals surface area contributed by atoms with Crippen molar-refractivity contribution in [2.45, 2.75) is 77.0 Å². The summed E-state index contributed by atoms with van der Waals surface area (Å²) in [5, 5.41) is 5.98. The number of hydrogen-bond donors (Lipinski definition) is 2. The molecule has 1 aromatic carbocycles. The van der Waals surface area contributed by atoms with Gasteiger partial charge in [-0.25, -0.2) is 19.2 Å². The van der Waals surface area contributed by atoms with Crippen LogP contribution in [0.2, 0.25) is 0 Å².